The number of hydrogen-bond acceptors (Lipinski definition) is 2. The van der Waals surface area contributed by atoms with E-state index in [1.54, 1.807) is 0 Å². The molecule has 1 saturated heterocycles. The highest BCUT2D eigenvalue weighted by Gasteiger charge is 2.85. The Hall–Kier alpha value is 0.950. The zero-order chi connectivity index (χ0) is 12.8. The summed E-state index contributed by atoms with van der Waals surface area (Å²) in [5.74, 6) is -1.74. The van der Waals surface area contributed by atoms with Gasteiger partial charge in [0, 0.05) is 5.92 Å². The Labute approximate surface area is 127 Å². The summed E-state index contributed by atoms with van der Waals surface area (Å²) in [6.45, 7) is 0.0864. The molecule has 0 spiro atoms. The molecule has 2 aliphatic carbocycles. The Morgan fingerprint density at radius 1 is 1.06 bits per heavy atom. The van der Waals surface area contributed by atoms with Crippen LogP contribution in [0.25, 0.3) is 0 Å². The second-order valence-electron chi connectivity index (χ2n) is 4.34. The van der Waals surface area contributed by atoms with Crippen molar-refractivity contribution in [1.82, 2.24) is 0 Å². The van der Waals surface area contributed by atoms with Gasteiger partial charge in [-0.05, 0) is 0 Å². The topological polar surface area (TPSA) is 26.3 Å². The van der Waals surface area contributed by atoms with Crippen molar-refractivity contribution >= 4 is 75.6 Å². The summed E-state index contributed by atoms with van der Waals surface area (Å²) in [5, 5.41) is 0.126. The maximum atomic E-state index is 11.7. The molecule has 0 radical (unpaired) electrons. The van der Waals surface area contributed by atoms with E-state index in [9.17, 15) is 4.79 Å². The Bertz CT molecular complexity index is 474. The number of cyclic esters (lactones) is 1. The van der Waals surface area contributed by atoms with Crippen LogP contribution in [0.5, 0.6) is 0 Å². The molecule has 94 valence electrons. The van der Waals surface area contributed by atoms with E-state index in [2.05, 4.69) is 0 Å². The van der Waals surface area contributed by atoms with E-state index >= 15 is 0 Å². The molecule has 1 heterocycles. The summed E-state index contributed by atoms with van der Waals surface area (Å²) in [6, 6.07) is 0. The number of fused-ring (bicyclic) bond motifs is 5. The van der Waals surface area contributed by atoms with E-state index < -0.39 is 31.9 Å². The van der Waals surface area contributed by atoms with Crippen LogP contribution in [-0.2, 0) is 9.53 Å². The lowest BCUT2D eigenvalue weighted by Crippen LogP contribution is -2.46. The second-order valence-corrected chi connectivity index (χ2v) is 7.62. The molecule has 1 saturated carbocycles. The molecule has 8 heteroatoms. The monoisotopic (exact) mass is 354 g/mol. The molecule has 1 aliphatic heterocycles. The molecular formula is C9H4Cl6O2. The van der Waals surface area contributed by atoms with E-state index in [1.165, 1.54) is 0 Å². The van der Waals surface area contributed by atoms with Crippen molar-refractivity contribution in [2.24, 2.45) is 11.8 Å². The van der Waals surface area contributed by atoms with Gasteiger partial charge in [-0.2, -0.15) is 0 Å². The summed E-state index contributed by atoms with van der Waals surface area (Å²) in [7, 11) is 0. The minimum Gasteiger partial charge on any atom is -0.465 e. The molecule has 3 aliphatic rings. The molecule has 3 rings (SSSR count). The third-order valence-corrected chi connectivity index (χ3v) is 8.05. The third kappa shape index (κ3) is 1.05. The van der Waals surface area contributed by atoms with Crippen molar-refractivity contribution in [3.05, 3.63) is 10.1 Å². The number of alkyl halides is 4. The number of hydrogen-bond donors (Lipinski definition) is 0. The average molecular weight is 357 g/mol. The van der Waals surface area contributed by atoms with Crippen LogP contribution in [0.15, 0.2) is 10.1 Å². The highest BCUT2D eigenvalue weighted by molar-refractivity contribution is 6.66. The molecule has 4 atom stereocenters. The predicted molar refractivity (Wildman–Crippen MR) is 68.3 cm³/mol. The molecule has 0 aromatic rings. The number of esters is 1. The Morgan fingerprint density at radius 3 is 2.18 bits per heavy atom. The smallest absolute Gasteiger partial charge is 0.311 e. The van der Waals surface area contributed by atoms with E-state index in [4.69, 9.17) is 74.3 Å². The fourth-order valence-corrected chi connectivity index (χ4v) is 5.88. The Balaban J connectivity index is 2.32. The molecule has 0 unspecified atom stereocenters. The van der Waals surface area contributed by atoms with Crippen LogP contribution < -0.4 is 0 Å². The number of halogens is 6. The van der Waals surface area contributed by atoms with Crippen molar-refractivity contribution in [1.29, 1.82) is 0 Å². The molecule has 17 heavy (non-hydrogen) atoms. The van der Waals surface area contributed by atoms with Gasteiger partial charge in [0.15, 0.2) is 4.33 Å². The molecule has 0 aromatic heterocycles. The van der Waals surface area contributed by atoms with Gasteiger partial charge in [-0.3, -0.25) is 4.79 Å². The highest BCUT2D eigenvalue weighted by Crippen LogP contribution is 2.77. The van der Waals surface area contributed by atoms with E-state index in [0.29, 0.717) is 0 Å². The lowest BCUT2D eigenvalue weighted by molar-refractivity contribution is -0.141. The van der Waals surface area contributed by atoms with Gasteiger partial charge < -0.3 is 4.74 Å². The first-order valence-electron chi connectivity index (χ1n) is 4.69. The van der Waals surface area contributed by atoms with Crippen LogP contribution in [-0.4, -0.2) is 26.7 Å². The summed E-state index contributed by atoms with van der Waals surface area (Å²) >= 11 is 37.5. The van der Waals surface area contributed by atoms with Gasteiger partial charge in [0.2, 0.25) is 0 Å². The number of ether oxygens (including phenoxy) is 1. The first-order valence-corrected chi connectivity index (χ1v) is 6.96. The van der Waals surface area contributed by atoms with Gasteiger partial charge in [-0.25, -0.2) is 0 Å². The first kappa shape index (κ1) is 13.0. The van der Waals surface area contributed by atoms with Crippen LogP contribution >= 0.6 is 69.6 Å². The van der Waals surface area contributed by atoms with E-state index in [1.807, 2.05) is 0 Å². The van der Waals surface area contributed by atoms with Gasteiger partial charge in [0.05, 0.1) is 22.6 Å². The Kier molecular flexibility index (Phi) is 2.54. The van der Waals surface area contributed by atoms with Gasteiger partial charge in [-0.1, -0.05) is 46.4 Å². The summed E-state index contributed by atoms with van der Waals surface area (Å²) in [6.07, 6.45) is 0. The molecule has 0 aromatic carbocycles. The van der Waals surface area contributed by atoms with Crippen molar-refractivity contribution in [3.8, 4) is 0 Å². The minimum atomic E-state index is -1.65. The average Bonchev–Trinajstić information content (AvgIpc) is 2.73. The van der Waals surface area contributed by atoms with Crippen LogP contribution in [0.1, 0.15) is 0 Å². The van der Waals surface area contributed by atoms with Crippen molar-refractivity contribution < 1.29 is 9.53 Å². The van der Waals surface area contributed by atoms with Crippen LogP contribution in [0.4, 0.5) is 0 Å². The van der Waals surface area contributed by atoms with E-state index in [0.717, 1.165) is 0 Å². The first-order chi connectivity index (χ1) is 7.70. The molecule has 0 amide bonds. The molecule has 2 fully saturated rings. The lowest BCUT2D eigenvalue weighted by Gasteiger charge is -2.33. The molecule has 0 N–H and O–H groups in total. The van der Waals surface area contributed by atoms with Gasteiger partial charge in [0.25, 0.3) is 0 Å². The minimum absolute atomic E-state index is 0.0286. The SMILES string of the molecule is O=C1OC[C@H]2[C@@H]1[C@@]1(Cl)C(Cl)=C(Cl)[C@@]2(Cl)C1(Cl)Cl. The highest BCUT2D eigenvalue weighted by atomic mass is 35.5. The van der Waals surface area contributed by atoms with Crippen LogP contribution in [0.3, 0.4) is 0 Å². The largest absolute Gasteiger partial charge is 0.465 e. The standard InChI is InChI=1S/C9H4Cl6O2/c10-4-5(11)8(13)3-2(1-17-6(3)16)7(4,12)9(8,14)15/h2-3H,1H2/t2-,3-,7+,8+/m0/s1. The third-order valence-electron chi connectivity index (χ3n) is 3.75. The molecule has 2 nitrogen and oxygen atoms in total. The molecule has 2 bridgehead atoms. The second kappa shape index (κ2) is 3.34. The van der Waals surface area contributed by atoms with Crippen molar-refractivity contribution in [2.45, 2.75) is 14.1 Å². The maximum Gasteiger partial charge on any atom is 0.311 e. The normalized spacial score (nSPS) is 50.8. The number of carbonyl (C=O) groups is 1. The van der Waals surface area contributed by atoms with Gasteiger partial charge in [-0.15, -0.1) is 23.2 Å². The number of allylic oxidation sites excluding steroid dienone is 2. The number of carbonyl (C=O) groups excluding carboxylic acids is 1. The summed E-state index contributed by atoms with van der Waals surface area (Å²) < 4.78 is 3.31. The number of rotatable bonds is 0. The fourth-order valence-electron chi connectivity index (χ4n) is 2.89. The summed E-state index contributed by atoms with van der Waals surface area (Å²) in [4.78, 5) is 8.83. The predicted octanol–water partition coefficient (Wildman–Crippen LogP) is 3.62. The van der Waals surface area contributed by atoms with Gasteiger partial charge in [0.1, 0.15) is 9.75 Å². The zero-order valence-electron chi connectivity index (χ0n) is 7.95. The molecular weight excluding hydrogens is 353 g/mol. The van der Waals surface area contributed by atoms with Crippen LogP contribution in [0, 0.1) is 11.8 Å². The Morgan fingerprint density at radius 2 is 1.59 bits per heavy atom. The lowest BCUT2D eigenvalue weighted by atomic mass is 9.84. The fraction of sp³-hybridized carbons (Fsp3) is 0.667. The maximum absolute atomic E-state index is 11.7. The van der Waals surface area contributed by atoms with Crippen molar-refractivity contribution in [2.75, 3.05) is 6.61 Å². The summed E-state index contributed by atoms with van der Waals surface area (Å²) in [5.41, 5.74) is 0. The van der Waals surface area contributed by atoms with Gasteiger partial charge >= 0.3 is 5.97 Å². The quantitative estimate of drug-likeness (QED) is 0.489. The van der Waals surface area contributed by atoms with Crippen LogP contribution in [0.2, 0.25) is 0 Å². The zero-order valence-corrected chi connectivity index (χ0v) is 12.5. The van der Waals surface area contributed by atoms with Crippen molar-refractivity contribution in [3.63, 3.8) is 0 Å². The van der Waals surface area contributed by atoms with E-state index in [-0.39, 0.29) is 16.7 Å².